The molecule has 2 aromatic carbocycles. The van der Waals surface area contributed by atoms with E-state index in [9.17, 15) is 9.90 Å². The van der Waals surface area contributed by atoms with Crippen LogP contribution >= 0.6 is 11.6 Å². The van der Waals surface area contributed by atoms with Crippen LogP contribution in [0.25, 0.3) is 0 Å². The van der Waals surface area contributed by atoms with E-state index in [1.165, 1.54) is 0 Å². The van der Waals surface area contributed by atoms with Gasteiger partial charge >= 0.3 is 0 Å². The van der Waals surface area contributed by atoms with E-state index in [1.807, 2.05) is 26.0 Å². The Morgan fingerprint density at radius 2 is 1.85 bits per heavy atom. The average Bonchev–Trinajstić information content (AvgIpc) is 2.39. The molecule has 1 atom stereocenters. The van der Waals surface area contributed by atoms with Gasteiger partial charge in [0.05, 0.1) is 11.6 Å². The quantitative estimate of drug-likeness (QED) is 0.902. The summed E-state index contributed by atoms with van der Waals surface area (Å²) in [5.41, 5.74) is 2.13. The molecule has 1 amide bonds. The van der Waals surface area contributed by atoms with Crippen molar-refractivity contribution in [1.82, 2.24) is 5.32 Å². The third-order valence-corrected chi connectivity index (χ3v) is 3.37. The van der Waals surface area contributed by atoms with Crippen LogP contribution in [0.15, 0.2) is 42.5 Å². The van der Waals surface area contributed by atoms with Gasteiger partial charge in [0.2, 0.25) is 0 Å². The highest BCUT2D eigenvalue weighted by atomic mass is 35.5. The van der Waals surface area contributed by atoms with E-state index in [1.54, 1.807) is 30.3 Å². The molecule has 0 aliphatic rings. The van der Waals surface area contributed by atoms with E-state index in [0.717, 1.165) is 11.1 Å². The van der Waals surface area contributed by atoms with E-state index < -0.39 is 0 Å². The summed E-state index contributed by atoms with van der Waals surface area (Å²) in [5.74, 6) is -0.309. The Morgan fingerprint density at radius 3 is 2.45 bits per heavy atom. The number of aryl methyl sites for hydroxylation is 1. The number of aromatic hydroxyl groups is 1. The van der Waals surface area contributed by atoms with Crippen molar-refractivity contribution >= 4 is 17.5 Å². The summed E-state index contributed by atoms with van der Waals surface area (Å²) < 4.78 is 0. The molecule has 3 nitrogen and oxygen atoms in total. The van der Waals surface area contributed by atoms with Gasteiger partial charge in [-0.25, -0.2) is 0 Å². The van der Waals surface area contributed by atoms with Crippen LogP contribution in [-0.4, -0.2) is 11.0 Å². The summed E-state index contributed by atoms with van der Waals surface area (Å²) in [6.45, 7) is 3.74. The molecule has 0 bridgehead atoms. The SMILES string of the molecule is Cc1ccc(C(=O)NC(C)c2ccc(Cl)cc2)c(O)c1. The van der Waals surface area contributed by atoms with Gasteiger partial charge < -0.3 is 10.4 Å². The number of halogens is 1. The number of carbonyl (C=O) groups is 1. The highest BCUT2D eigenvalue weighted by Crippen LogP contribution is 2.21. The largest absolute Gasteiger partial charge is 0.507 e. The Bertz CT molecular complexity index is 623. The first-order valence-corrected chi connectivity index (χ1v) is 6.71. The number of amides is 1. The van der Waals surface area contributed by atoms with Gasteiger partial charge in [-0.2, -0.15) is 0 Å². The van der Waals surface area contributed by atoms with Gasteiger partial charge in [-0.3, -0.25) is 4.79 Å². The van der Waals surface area contributed by atoms with Crippen molar-refractivity contribution in [1.29, 1.82) is 0 Å². The monoisotopic (exact) mass is 289 g/mol. The molecular formula is C16H16ClNO2. The fourth-order valence-electron chi connectivity index (χ4n) is 1.94. The van der Waals surface area contributed by atoms with Crippen LogP contribution in [-0.2, 0) is 0 Å². The maximum absolute atomic E-state index is 12.1. The number of phenols is 1. The lowest BCUT2D eigenvalue weighted by atomic mass is 10.1. The number of hydrogen-bond acceptors (Lipinski definition) is 2. The third-order valence-electron chi connectivity index (χ3n) is 3.12. The molecule has 0 heterocycles. The second-order valence-electron chi connectivity index (χ2n) is 4.77. The van der Waals surface area contributed by atoms with Crippen molar-refractivity contribution in [2.75, 3.05) is 0 Å². The summed E-state index contributed by atoms with van der Waals surface area (Å²) >= 11 is 5.83. The second kappa shape index (κ2) is 5.97. The fourth-order valence-corrected chi connectivity index (χ4v) is 2.07. The molecule has 4 heteroatoms. The van der Waals surface area contributed by atoms with Crippen LogP contribution in [0.3, 0.4) is 0 Å². The molecule has 0 aliphatic carbocycles. The number of hydrogen-bond donors (Lipinski definition) is 2. The first-order chi connectivity index (χ1) is 9.47. The lowest BCUT2D eigenvalue weighted by molar-refractivity contribution is 0.0937. The van der Waals surface area contributed by atoms with Crippen LogP contribution in [0.5, 0.6) is 5.75 Å². The Kier molecular flexibility index (Phi) is 4.30. The van der Waals surface area contributed by atoms with E-state index in [4.69, 9.17) is 11.6 Å². The summed E-state index contributed by atoms with van der Waals surface area (Å²) in [7, 11) is 0. The predicted molar refractivity (Wildman–Crippen MR) is 80.2 cm³/mol. The number of phenolic OH excluding ortho intramolecular Hbond substituents is 1. The summed E-state index contributed by atoms with van der Waals surface area (Å²) in [6, 6.07) is 12.1. The van der Waals surface area contributed by atoms with Crippen molar-refractivity contribution in [2.45, 2.75) is 19.9 Å². The third kappa shape index (κ3) is 3.31. The van der Waals surface area contributed by atoms with E-state index in [-0.39, 0.29) is 23.3 Å². The van der Waals surface area contributed by atoms with Crippen LogP contribution in [0.2, 0.25) is 5.02 Å². The standard InChI is InChI=1S/C16H16ClNO2/c1-10-3-8-14(15(19)9-10)16(20)18-11(2)12-4-6-13(17)7-5-12/h3-9,11,19H,1-2H3,(H,18,20). The van der Waals surface area contributed by atoms with Crippen molar-refractivity contribution in [3.63, 3.8) is 0 Å². The minimum atomic E-state index is -0.301. The molecule has 20 heavy (non-hydrogen) atoms. The summed E-state index contributed by atoms with van der Waals surface area (Å²) in [6.07, 6.45) is 0. The zero-order chi connectivity index (χ0) is 14.7. The highest BCUT2D eigenvalue weighted by molar-refractivity contribution is 6.30. The Balaban J connectivity index is 2.13. The molecule has 104 valence electrons. The summed E-state index contributed by atoms with van der Waals surface area (Å²) in [5, 5.41) is 13.3. The zero-order valence-electron chi connectivity index (χ0n) is 11.4. The lowest BCUT2D eigenvalue weighted by Gasteiger charge is -2.15. The van der Waals surface area contributed by atoms with Gasteiger partial charge in [-0.1, -0.05) is 29.8 Å². The molecule has 0 fully saturated rings. The zero-order valence-corrected chi connectivity index (χ0v) is 12.1. The molecule has 0 spiro atoms. The van der Waals surface area contributed by atoms with Crippen molar-refractivity contribution in [3.8, 4) is 5.75 Å². The molecular weight excluding hydrogens is 274 g/mol. The maximum Gasteiger partial charge on any atom is 0.255 e. The maximum atomic E-state index is 12.1. The number of benzene rings is 2. The molecule has 0 saturated heterocycles. The smallest absolute Gasteiger partial charge is 0.255 e. The van der Waals surface area contributed by atoms with Crippen LogP contribution in [0, 0.1) is 6.92 Å². The van der Waals surface area contributed by atoms with Crippen molar-refractivity contribution in [3.05, 3.63) is 64.2 Å². The van der Waals surface area contributed by atoms with Gasteiger partial charge in [0, 0.05) is 5.02 Å². The number of rotatable bonds is 3. The van der Waals surface area contributed by atoms with Gasteiger partial charge in [-0.05, 0) is 49.2 Å². The van der Waals surface area contributed by atoms with Crippen LogP contribution < -0.4 is 5.32 Å². The van der Waals surface area contributed by atoms with Gasteiger partial charge in [0.1, 0.15) is 5.75 Å². The number of nitrogens with one attached hydrogen (secondary N) is 1. The Hall–Kier alpha value is -2.00. The Labute approximate surface area is 123 Å². The molecule has 2 aromatic rings. The van der Waals surface area contributed by atoms with Crippen LogP contribution in [0.4, 0.5) is 0 Å². The van der Waals surface area contributed by atoms with E-state index >= 15 is 0 Å². The average molecular weight is 290 g/mol. The molecule has 1 unspecified atom stereocenters. The second-order valence-corrected chi connectivity index (χ2v) is 5.20. The molecule has 2 rings (SSSR count). The van der Waals surface area contributed by atoms with Crippen molar-refractivity contribution in [2.24, 2.45) is 0 Å². The minimum Gasteiger partial charge on any atom is -0.507 e. The highest BCUT2D eigenvalue weighted by Gasteiger charge is 2.14. The van der Waals surface area contributed by atoms with Gasteiger partial charge in [0.15, 0.2) is 0 Å². The first kappa shape index (κ1) is 14.4. The van der Waals surface area contributed by atoms with E-state index in [2.05, 4.69) is 5.32 Å². The van der Waals surface area contributed by atoms with Crippen LogP contribution in [0.1, 0.15) is 34.5 Å². The fraction of sp³-hybridized carbons (Fsp3) is 0.188. The van der Waals surface area contributed by atoms with Crippen molar-refractivity contribution < 1.29 is 9.90 Å². The molecule has 0 saturated carbocycles. The first-order valence-electron chi connectivity index (χ1n) is 6.33. The Morgan fingerprint density at radius 1 is 1.20 bits per heavy atom. The molecule has 0 radical (unpaired) electrons. The topological polar surface area (TPSA) is 49.3 Å². The number of carbonyl (C=O) groups excluding carboxylic acids is 1. The summed E-state index contributed by atoms with van der Waals surface area (Å²) in [4.78, 5) is 12.1. The minimum absolute atomic E-state index is 0.00851. The van der Waals surface area contributed by atoms with Gasteiger partial charge in [0.25, 0.3) is 5.91 Å². The molecule has 0 aromatic heterocycles. The lowest BCUT2D eigenvalue weighted by Crippen LogP contribution is -2.26. The molecule has 2 N–H and O–H groups in total. The van der Waals surface area contributed by atoms with E-state index in [0.29, 0.717) is 5.02 Å². The normalized spacial score (nSPS) is 11.9. The predicted octanol–water partition coefficient (Wildman–Crippen LogP) is 3.85. The molecule has 0 aliphatic heterocycles. The van der Waals surface area contributed by atoms with Gasteiger partial charge in [-0.15, -0.1) is 0 Å².